The van der Waals surface area contributed by atoms with E-state index in [0.717, 1.165) is 25.6 Å². The molecule has 0 aromatic heterocycles. The zero-order valence-corrected chi connectivity index (χ0v) is 11.4. The molecule has 0 spiro atoms. The Bertz CT molecular complexity index is 185. The number of ether oxygens (including phenoxy) is 1. The average molecular weight is 228 g/mol. The second-order valence-electron chi connectivity index (χ2n) is 5.49. The summed E-state index contributed by atoms with van der Waals surface area (Å²) in [5, 5.41) is 0. The Morgan fingerprint density at radius 1 is 1.44 bits per heavy atom. The summed E-state index contributed by atoms with van der Waals surface area (Å²) in [6.45, 7) is 13.5. The van der Waals surface area contributed by atoms with Crippen LogP contribution in [0.15, 0.2) is 0 Å². The van der Waals surface area contributed by atoms with Crippen molar-refractivity contribution in [2.24, 2.45) is 5.92 Å². The van der Waals surface area contributed by atoms with Gasteiger partial charge in [0.15, 0.2) is 0 Å². The van der Waals surface area contributed by atoms with Gasteiger partial charge >= 0.3 is 0 Å². The maximum Gasteiger partial charge on any atom is 0.0674 e. The lowest BCUT2D eigenvalue weighted by Gasteiger charge is -2.31. The highest BCUT2D eigenvalue weighted by Gasteiger charge is 2.15. The largest absolute Gasteiger partial charge is 0.376 e. The van der Waals surface area contributed by atoms with Crippen LogP contribution >= 0.6 is 0 Å². The number of hydrogen-bond donors (Lipinski definition) is 0. The maximum absolute atomic E-state index is 5.54. The first-order valence-electron chi connectivity index (χ1n) is 6.60. The molecule has 16 heavy (non-hydrogen) atoms. The van der Waals surface area contributed by atoms with Crippen LogP contribution < -0.4 is 0 Å². The van der Waals surface area contributed by atoms with Gasteiger partial charge in [-0.25, -0.2) is 0 Å². The summed E-state index contributed by atoms with van der Waals surface area (Å²) < 4.78 is 5.54. The van der Waals surface area contributed by atoms with Crippen LogP contribution in [0, 0.1) is 5.92 Å². The molecular formula is C13H28N2O. The van der Waals surface area contributed by atoms with E-state index in [9.17, 15) is 0 Å². The molecule has 1 fully saturated rings. The molecule has 1 unspecified atom stereocenters. The van der Waals surface area contributed by atoms with E-state index in [1.807, 2.05) is 0 Å². The van der Waals surface area contributed by atoms with Crippen LogP contribution in [-0.2, 0) is 4.74 Å². The minimum atomic E-state index is 0.419. The predicted octanol–water partition coefficient (Wildman–Crippen LogP) is 1.69. The molecule has 1 atom stereocenters. The van der Waals surface area contributed by atoms with Gasteiger partial charge in [0.2, 0.25) is 0 Å². The fourth-order valence-corrected chi connectivity index (χ4v) is 2.37. The standard InChI is InChI=1S/C13H28N2O/c1-12(2)10-14(4)6-5-7-15-8-9-16-13(3)11-15/h12-13H,5-11H2,1-4H3. The molecular weight excluding hydrogens is 200 g/mol. The molecule has 1 aliphatic rings. The maximum atomic E-state index is 5.54. The molecule has 0 aromatic rings. The molecule has 0 radical (unpaired) electrons. The molecule has 1 rings (SSSR count). The van der Waals surface area contributed by atoms with Crippen LogP contribution in [0.3, 0.4) is 0 Å². The lowest BCUT2D eigenvalue weighted by atomic mass is 10.2. The quantitative estimate of drug-likeness (QED) is 0.688. The molecule has 3 heteroatoms. The van der Waals surface area contributed by atoms with Crippen molar-refractivity contribution < 1.29 is 4.74 Å². The molecule has 0 N–H and O–H groups in total. The average Bonchev–Trinajstić information content (AvgIpc) is 2.16. The summed E-state index contributed by atoms with van der Waals surface area (Å²) in [5.74, 6) is 0.772. The van der Waals surface area contributed by atoms with Crippen molar-refractivity contribution in [3.63, 3.8) is 0 Å². The van der Waals surface area contributed by atoms with Crippen LogP contribution in [0.25, 0.3) is 0 Å². The first-order chi connectivity index (χ1) is 7.58. The van der Waals surface area contributed by atoms with Gasteiger partial charge in [0, 0.05) is 19.6 Å². The normalized spacial score (nSPS) is 23.2. The molecule has 0 amide bonds. The minimum Gasteiger partial charge on any atom is -0.376 e. The fourth-order valence-electron chi connectivity index (χ4n) is 2.37. The van der Waals surface area contributed by atoms with E-state index < -0.39 is 0 Å². The van der Waals surface area contributed by atoms with Gasteiger partial charge in [0.1, 0.15) is 0 Å². The van der Waals surface area contributed by atoms with E-state index in [4.69, 9.17) is 4.74 Å². The van der Waals surface area contributed by atoms with Crippen LogP contribution in [0.5, 0.6) is 0 Å². The van der Waals surface area contributed by atoms with Crippen molar-refractivity contribution in [2.75, 3.05) is 46.4 Å². The van der Waals surface area contributed by atoms with Gasteiger partial charge < -0.3 is 9.64 Å². The summed E-state index contributed by atoms with van der Waals surface area (Å²) in [5.41, 5.74) is 0. The van der Waals surface area contributed by atoms with Crippen LogP contribution in [-0.4, -0.2) is 62.3 Å². The molecule has 3 nitrogen and oxygen atoms in total. The fraction of sp³-hybridized carbons (Fsp3) is 1.00. The smallest absolute Gasteiger partial charge is 0.0674 e. The third-order valence-corrected chi connectivity index (χ3v) is 3.02. The Labute approximate surface area is 101 Å². The van der Waals surface area contributed by atoms with Crippen molar-refractivity contribution in [2.45, 2.75) is 33.3 Å². The van der Waals surface area contributed by atoms with Gasteiger partial charge in [-0.1, -0.05) is 13.8 Å². The van der Waals surface area contributed by atoms with Crippen molar-refractivity contribution in [3.05, 3.63) is 0 Å². The lowest BCUT2D eigenvalue weighted by molar-refractivity contribution is -0.0190. The Morgan fingerprint density at radius 3 is 2.81 bits per heavy atom. The van der Waals surface area contributed by atoms with Crippen molar-refractivity contribution >= 4 is 0 Å². The zero-order chi connectivity index (χ0) is 12.0. The van der Waals surface area contributed by atoms with E-state index in [-0.39, 0.29) is 0 Å². The van der Waals surface area contributed by atoms with E-state index in [1.165, 1.54) is 26.1 Å². The van der Waals surface area contributed by atoms with Crippen LogP contribution in [0.4, 0.5) is 0 Å². The number of rotatable bonds is 6. The van der Waals surface area contributed by atoms with Gasteiger partial charge in [-0.2, -0.15) is 0 Å². The molecule has 0 saturated carbocycles. The second-order valence-corrected chi connectivity index (χ2v) is 5.49. The first-order valence-corrected chi connectivity index (χ1v) is 6.60. The molecule has 1 saturated heterocycles. The number of morpholine rings is 1. The predicted molar refractivity (Wildman–Crippen MR) is 68.8 cm³/mol. The minimum absolute atomic E-state index is 0.419. The molecule has 96 valence electrons. The molecule has 1 aliphatic heterocycles. The highest BCUT2D eigenvalue weighted by molar-refractivity contribution is 4.68. The van der Waals surface area contributed by atoms with Gasteiger partial charge in [-0.3, -0.25) is 4.90 Å². The van der Waals surface area contributed by atoms with Gasteiger partial charge in [-0.05, 0) is 39.4 Å². The second kappa shape index (κ2) is 7.25. The molecule has 1 heterocycles. The zero-order valence-electron chi connectivity index (χ0n) is 11.4. The summed E-state index contributed by atoms with van der Waals surface area (Å²) in [4.78, 5) is 4.96. The summed E-state index contributed by atoms with van der Waals surface area (Å²) in [6.07, 6.45) is 1.69. The third-order valence-electron chi connectivity index (χ3n) is 3.02. The first kappa shape index (κ1) is 13.9. The number of nitrogens with zero attached hydrogens (tertiary/aromatic N) is 2. The number of hydrogen-bond acceptors (Lipinski definition) is 3. The van der Waals surface area contributed by atoms with Crippen molar-refractivity contribution in [1.29, 1.82) is 0 Å². The lowest BCUT2D eigenvalue weighted by Crippen LogP contribution is -2.42. The summed E-state index contributed by atoms with van der Waals surface area (Å²) in [7, 11) is 2.22. The van der Waals surface area contributed by atoms with Gasteiger partial charge in [0.25, 0.3) is 0 Å². The van der Waals surface area contributed by atoms with Crippen molar-refractivity contribution in [3.8, 4) is 0 Å². The van der Waals surface area contributed by atoms with Gasteiger partial charge in [0.05, 0.1) is 12.7 Å². The highest BCUT2D eigenvalue weighted by Crippen LogP contribution is 2.05. The topological polar surface area (TPSA) is 15.7 Å². The van der Waals surface area contributed by atoms with E-state index >= 15 is 0 Å². The Morgan fingerprint density at radius 2 is 2.19 bits per heavy atom. The third kappa shape index (κ3) is 5.83. The Balaban J connectivity index is 2.05. The summed E-state index contributed by atoms with van der Waals surface area (Å²) >= 11 is 0. The summed E-state index contributed by atoms with van der Waals surface area (Å²) in [6, 6.07) is 0. The Hall–Kier alpha value is -0.120. The van der Waals surface area contributed by atoms with Gasteiger partial charge in [-0.15, -0.1) is 0 Å². The highest BCUT2D eigenvalue weighted by atomic mass is 16.5. The SMILES string of the molecule is CC(C)CN(C)CCCN1CCOC(C)C1. The molecule has 0 bridgehead atoms. The van der Waals surface area contributed by atoms with Crippen LogP contribution in [0.2, 0.25) is 0 Å². The monoisotopic (exact) mass is 228 g/mol. The molecule has 0 aromatic carbocycles. The Kier molecular flexibility index (Phi) is 6.32. The van der Waals surface area contributed by atoms with E-state index in [0.29, 0.717) is 6.10 Å². The van der Waals surface area contributed by atoms with E-state index in [2.05, 4.69) is 37.6 Å². The molecule has 0 aliphatic carbocycles. The van der Waals surface area contributed by atoms with Crippen LogP contribution in [0.1, 0.15) is 27.2 Å². The van der Waals surface area contributed by atoms with E-state index in [1.54, 1.807) is 0 Å². The van der Waals surface area contributed by atoms with Crippen molar-refractivity contribution in [1.82, 2.24) is 9.80 Å².